The molecule has 0 saturated carbocycles. The third-order valence-electron chi connectivity index (χ3n) is 2.65. The Morgan fingerprint density at radius 2 is 1.78 bits per heavy atom. The van der Waals surface area contributed by atoms with Gasteiger partial charge in [-0.2, -0.15) is 0 Å². The second kappa shape index (κ2) is 4.37. The minimum absolute atomic E-state index is 0.167. The quantitative estimate of drug-likeness (QED) is 0.869. The molecule has 2 aromatic rings. The summed E-state index contributed by atoms with van der Waals surface area (Å²) >= 11 is 0. The van der Waals surface area contributed by atoms with Crippen molar-refractivity contribution in [2.45, 2.75) is 6.92 Å². The van der Waals surface area contributed by atoms with Gasteiger partial charge in [-0.05, 0) is 30.7 Å². The molecule has 0 amide bonds. The van der Waals surface area contributed by atoms with Crippen LogP contribution in [-0.2, 0) is 0 Å². The summed E-state index contributed by atoms with van der Waals surface area (Å²) in [6, 6.07) is 7.62. The van der Waals surface area contributed by atoms with Gasteiger partial charge in [-0.15, -0.1) is 0 Å². The maximum atomic E-state index is 11.0. The van der Waals surface area contributed by atoms with Crippen LogP contribution in [0.4, 0.5) is 0 Å². The summed E-state index contributed by atoms with van der Waals surface area (Å²) in [7, 11) is 0. The average molecular weight is 246 g/mol. The van der Waals surface area contributed by atoms with E-state index in [9.17, 15) is 9.59 Å². The third kappa shape index (κ3) is 1.98. The van der Waals surface area contributed by atoms with Crippen molar-refractivity contribution >= 4 is 11.9 Å². The number of carboxylic acids is 2. The SMILES string of the molecule is Cc1c(C(=O)O)cccc1-c1ccc(C(=O)O)o1. The van der Waals surface area contributed by atoms with Crippen LogP contribution in [0.1, 0.15) is 26.5 Å². The molecule has 2 rings (SSSR count). The molecule has 0 aliphatic rings. The van der Waals surface area contributed by atoms with E-state index in [0.29, 0.717) is 16.9 Å². The third-order valence-corrected chi connectivity index (χ3v) is 2.65. The summed E-state index contributed by atoms with van der Waals surface area (Å²) in [6.07, 6.45) is 0. The number of aromatic carboxylic acids is 2. The summed E-state index contributed by atoms with van der Waals surface area (Å²) in [5, 5.41) is 17.8. The molecule has 1 heterocycles. The van der Waals surface area contributed by atoms with E-state index in [1.54, 1.807) is 19.1 Å². The van der Waals surface area contributed by atoms with Gasteiger partial charge in [0.25, 0.3) is 0 Å². The number of carbonyl (C=O) groups is 2. The zero-order valence-corrected chi connectivity index (χ0v) is 9.51. The van der Waals surface area contributed by atoms with Crippen LogP contribution in [0.5, 0.6) is 0 Å². The van der Waals surface area contributed by atoms with Crippen LogP contribution in [0, 0.1) is 6.92 Å². The fraction of sp³-hybridized carbons (Fsp3) is 0.0769. The average Bonchev–Trinajstić information content (AvgIpc) is 2.78. The summed E-state index contributed by atoms with van der Waals surface area (Å²) in [5.74, 6) is -2.02. The maximum Gasteiger partial charge on any atom is 0.371 e. The first kappa shape index (κ1) is 11.9. The topological polar surface area (TPSA) is 87.7 Å². The summed E-state index contributed by atoms with van der Waals surface area (Å²) in [6.45, 7) is 1.65. The van der Waals surface area contributed by atoms with E-state index in [2.05, 4.69) is 0 Å². The zero-order chi connectivity index (χ0) is 13.3. The molecule has 0 bridgehead atoms. The van der Waals surface area contributed by atoms with Crippen molar-refractivity contribution in [3.8, 4) is 11.3 Å². The van der Waals surface area contributed by atoms with Gasteiger partial charge in [0.1, 0.15) is 5.76 Å². The Morgan fingerprint density at radius 1 is 1.06 bits per heavy atom. The molecule has 0 fully saturated rings. The summed E-state index contributed by atoms with van der Waals surface area (Å²) in [4.78, 5) is 21.7. The Balaban J connectivity index is 2.53. The van der Waals surface area contributed by atoms with Crippen LogP contribution in [-0.4, -0.2) is 22.2 Å². The predicted molar refractivity (Wildman–Crippen MR) is 62.8 cm³/mol. The summed E-state index contributed by atoms with van der Waals surface area (Å²) in [5.41, 5.74) is 1.28. The van der Waals surface area contributed by atoms with Gasteiger partial charge in [0.05, 0.1) is 5.56 Å². The van der Waals surface area contributed by atoms with E-state index in [4.69, 9.17) is 14.6 Å². The lowest BCUT2D eigenvalue weighted by molar-refractivity contribution is 0.0660. The zero-order valence-electron chi connectivity index (χ0n) is 9.51. The predicted octanol–water partition coefficient (Wildman–Crippen LogP) is 2.65. The molecular weight excluding hydrogens is 236 g/mol. The first-order valence-corrected chi connectivity index (χ1v) is 5.17. The van der Waals surface area contributed by atoms with Crippen LogP contribution in [0.3, 0.4) is 0 Å². The number of rotatable bonds is 3. The van der Waals surface area contributed by atoms with E-state index < -0.39 is 11.9 Å². The molecule has 1 aromatic heterocycles. The molecule has 0 unspecified atom stereocenters. The number of hydrogen-bond donors (Lipinski definition) is 2. The van der Waals surface area contributed by atoms with Crippen molar-refractivity contribution in [2.24, 2.45) is 0 Å². The molecule has 0 aliphatic carbocycles. The van der Waals surface area contributed by atoms with Crippen LogP contribution < -0.4 is 0 Å². The maximum absolute atomic E-state index is 11.0. The first-order chi connectivity index (χ1) is 8.50. The van der Waals surface area contributed by atoms with Gasteiger partial charge >= 0.3 is 11.9 Å². The van der Waals surface area contributed by atoms with Crippen LogP contribution in [0.15, 0.2) is 34.7 Å². The molecule has 0 spiro atoms. The monoisotopic (exact) mass is 246 g/mol. The fourth-order valence-corrected chi connectivity index (χ4v) is 1.73. The Morgan fingerprint density at radius 3 is 2.33 bits per heavy atom. The largest absolute Gasteiger partial charge is 0.478 e. The van der Waals surface area contributed by atoms with Gasteiger partial charge in [0, 0.05) is 5.56 Å². The number of benzene rings is 1. The molecule has 92 valence electrons. The lowest BCUT2D eigenvalue weighted by Crippen LogP contribution is -2.00. The molecule has 0 aliphatic heterocycles. The lowest BCUT2D eigenvalue weighted by atomic mass is 10.0. The van der Waals surface area contributed by atoms with Crippen molar-refractivity contribution in [2.75, 3.05) is 0 Å². The van der Waals surface area contributed by atoms with E-state index in [0.717, 1.165) is 0 Å². The summed E-state index contributed by atoms with van der Waals surface area (Å²) < 4.78 is 5.15. The number of hydrogen-bond acceptors (Lipinski definition) is 3. The smallest absolute Gasteiger partial charge is 0.371 e. The molecule has 0 radical (unpaired) electrons. The normalized spacial score (nSPS) is 10.3. The minimum Gasteiger partial charge on any atom is -0.478 e. The van der Waals surface area contributed by atoms with E-state index in [1.807, 2.05) is 0 Å². The van der Waals surface area contributed by atoms with Crippen molar-refractivity contribution in [3.05, 3.63) is 47.2 Å². The first-order valence-electron chi connectivity index (χ1n) is 5.17. The van der Waals surface area contributed by atoms with Crippen molar-refractivity contribution < 1.29 is 24.2 Å². The Kier molecular flexibility index (Phi) is 2.89. The molecule has 5 heteroatoms. The molecule has 1 aromatic carbocycles. The lowest BCUT2D eigenvalue weighted by Gasteiger charge is -2.05. The molecule has 5 nitrogen and oxygen atoms in total. The number of furan rings is 1. The minimum atomic E-state index is -1.16. The van der Waals surface area contributed by atoms with Gasteiger partial charge in [0.2, 0.25) is 5.76 Å². The van der Waals surface area contributed by atoms with Gasteiger partial charge < -0.3 is 14.6 Å². The Bertz CT molecular complexity index is 624. The molecule has 0 atom stereocenters. The van der Waals surface area contributed by atoms with E-state index in [1.165, 1.54) is 18.2 Å². The highest BCUT2D eigenvalue weighted by molar-refractivity contribution is 5.92. The van der Waals surface area contributed by atoms with Gasteiger partial charge in [-0.3, -0.25) is 0 Å². The van der Waals surface area contributed by atoms with Crippen molar-refractivity contribution in [3.63, 3.8) is 0 Å². The van der Waals surface area contributed by atoms with Gasteiger partial charge in [0.15, 0.2) is 0 Å². The van der Waals surface area contributed by atoms with Crippen LogP contribution in [0.2, 0.25) is 0 Å². The molecular formula is C13H10O5. The van der Waals surface area contributed by atoms with Gasteiger partial charge in [-0.25, -0.2) is 9.59 Å². The van der Waals surface area contributed by atoms with E-state index >= 15 is 0 Å². The van der Waals surface area contributed by atoms with E-state index in [-0.39, 0.29) is 11.3 Å². The van der Waals surface area contributed by atoms with Crippen LogP contribution in [0.25, 0.3) is 11.3 Å². The highest BCUT2D eigenvalue weighted by Gasteiger charge is 2.15. The Hall–Kier alpha value is -2.56. The Labute approximate surface area is 102 Å². The highest BCUT2D eigenvalue weighted by Crippen LogP contribution is 2.27. The second-order valence-corrected chi connectivity index (χ2v) is 3.75. The fourth-order valence-electron chi connectivity index (χ4n) is 1.73. The molecule has 0 saturated heterocycles. The molecule has 18 heavy (non-hydrogen) atoms. The second-order valence-electron chi connectivity index (χ2n) is 3.75. The molecule has 2 N–H and O–H groups in total. The van der Waals surface area contributed by atoms with Gasteiger partial charge in [-0.1, -0.05) is 12.1 Å². The standard InChI is InChI=1S/C13H10O5/c1-7-8(3-2-4-9(7)12(14)15)10-5-6-11(18-10)13(16)17/h2-6H,1H3,(H,14,15)(H,16,17). The highest BCUT2D eigenvalue weighted by atomic mass is 16.4. The van der Waals surface area contributed by atoms with Crippen molar-refractivity contribution in [1.82, 2.24) is 0 Å². The van der Waals surface area contributed by atoms with Crippen molar-refractivity contribution in [1.29, 1.82) is 0 Å². The number of carboxylic acid groups (broad SMARTS) is 2. The van der Waals surface area contributed by atoms with Crippen LogP contribution >= 0.6 is 0 Å².